The van der Waals surface area contributed by atoms with E-state index in [1.54, 1.807) is 0 Å². The number of rotatable bonds is 0. The average molecular weight is 171 g/mol. The molecule has 0 rings (SSSR count). The van der Waals surface area contributed by atoms with Crippen LogP contribution in [0, 0.1) is 0 Å². The Kier molecular flexibility index (Phi) is 7.40. The Hall–Kier alpha value is 0.140. The Morgan fingerprint density at radius 1 is 1.80 bits per heavy atom. The standard InChI is InChI=1S/CHFO2.Ag/c2-1(3)4;/h(H,3,4);/q;+1/p-1. The van der Waals surface area contributed by atoms with Crippen LogP contribution in [-0.4, -0.2) is 6.22 Å². The third-order valence-corrected chi connectivity index (χ3v) is 0. The van der Waals surface area contributed by atoms with Gasteiger partial charge in [-0.3, -0.25) is 0 Å². The third kappa shape index (κ3) is 964. The van der Waals surface area contributed by atoms with E-state index in [9.17, 15) is 4.39 Å². The van der Waals surface area contributed by atoms with E-state index in [0.29, 0.717) is 0 Å². The second-order valence-corrected chi connectivity index (χ2v) is 0.238. The topological polar surface area (TPSA) is 40.1 Å². The summed E-state index contributed by atoms with van der Waals surface area (Å²) in [5, 5.41) is 8.22. The van der Waals surface area contributed by atoms with Crippen LogP contribution >= 0.6 is 0 Å². The second kappa shape index (κ2) is 4.14. The molecule has 0 radical (unpaired) electrons. The van der Waals surface area contributed by atoms with Gasteiger partial charge in [0.25, 0.3) is 0 Å². The number of hydrogen-bond donors (Lipinski definition) is 0. The summed E-state index contributed by atoms with van der Waals surface area (Å²) >= 11 is 0. The third-order valence-electron chi connectivity index (χ3n) is 0. The van der Waals surface area contributed by atoms with E-state index in [-0.39, 0.29) is 22.4 Å². The Morgan fingerprint density at radius 2 is 1.80 bits per heavy atom. The molecular weight excluding hydrogens is 171 g/mol. The molecule has 0 heterocycles. The Labute approximate surface area is 43.5 Å². The summed E-state index contributed by atoms with van der Waals surface area (Å²) in [6.07, 6.45) is -2.58. The summed E-state index contributed by atoms with van der Waals surface area (Å²) in [4.78, 5) is 8.22. The predicted octanol–water partition coefficient (Wildman–Crippen LogP) is -0.703. The molecule has 34 valence electrons. The van der Waals surface area contributed by atoms with Crippen LogP contribution < -0.4 is 5.11 Å². The molecule has 5 heavy (non-hydrogen) atoms. The SMILES string of the molecule is O=C([O-])F.[Ag+]. The van der Waals surface area contributed by atoms with Crippen LogP contribution in [0.4, 0.5) is 9.18 Å². The van der Waals surface area contributed by atoms with Gasteiger partial charge in [0.2, 0.25) is 6.22 Å². The Bertz CT molecular complexity index is 32.6. The van der Waals surface area contributed by atoms with E-state index < -0.39 is 6.22 Å². The van der Waals surface area contributed by atoms with E-state index in [4.69, 9.17) is 9.90 Å². The first-order valence-corrected chi connectivity index (χ1v) is 0.597. The van der Waals surface area contributed by atoms with Crippen molar-refractivity contribution < 1.29 is 36.7 Å². The Morgan fingerprint density at radius 3 is 1.80 bits per heavy atom. The van der Waals surface area contributed by atoms with Gasteiger partial charge in [-0.2, -0.15) is 4.39 Å². The molecule has 0 aromatic rings. The smallest absolute Gasteiger partial charge is 0.520 e. The summed E-state index contributed by atoms with van der Waals surface area (Å²) in [7, 11) is 0. The summed E-state index contributed by atoms with van der Waals surface area (Å²) in [6, 6.07) is 0. The van der Waals surface area contributed by atoms with Gasteiger partial charge in [0.05, 0.1) is 0 Å². The molecule has 0 atom stereocenters. The van der Waals surface area contributed by atoms with Crippen molar-refractivity contribution in [1.29, 1.82) is 0 Å². The van der Waals surface area contributed by atoms with Gasteiger partial charge in [0, 0.05) is 0 Å². The van der Waals surface area contributed by atoms with Crippen molar-refractivity contribution in [3.63, 3.8) is 0 Å². The number of halogens is 1. The molecule has 0 unspecified atom stereocenters. The zero-order valence-corrected chi connectivity index (χ0v) is 3.48. The molecule has 0 aromatic carbocycles. The normalized spacial score (nSPS) is 5.00. The first-order chi connectivity index (χ1) is 1.73. The van der Waals surface area contributed by atoms with E-state index >= 15 is 0 Å². The first kappa shape index (κ1) is 8.94. The van der Waals surface area contributed by atoms with Crippen molar-refractivity contribution in [3.8, 4) is 0 Å². The zero-order valence-electron chi connectivity index (χ0n) is 2.00. The van der Waals surface area contributed by atoms with Gasteiger partial charge >= 0.3 is 22.4 Å². The maximum atomic E-state index is 9.81. The minimum atomic E-state index is -2.58. The van der Waals surface area contributed by atoms with Gasteiger partial charge in [0.15, 0.2) is 0 Å². The minimum Gasteiger partial charge on any atom is -0.520 e. The van der Waals surface area contributed by atoms with E-state index in [2.05, 4.69) is 0 Å². The van der Waals surface area contributed by atoms with Crippen LogP contribution in [0.1, 0.15) is 0 Å². The zero-order chi connectivity index (χ0) is 3.58. The minimum absolute atomic E-state index is 0. The largest absolute Gasteiger partial charge is 1.00 e. The predicted molar refractivity (Wildman–Crippen MR) is 6.50 cm³/mol. The molecule has 0 aliphatic rings. The van der Waals surface area contributed by atoms with Crippen LogP contribution in [0.5, 0.6) is 0 Å². The molecule has 0 N–H and O–H groups in total. The number of hydrogen-bond acceptors (Lipinski definition) is 2. The summed E-state index contributed by atoms with van der Waals surface area (Å²) < 4.78 is 9.81. The van der Waals surface area contributed by atoms with Crippen molar-refractivity contribution in [2.45, 2.75) is 0 Å². The molecule has 2 nitrogen and oxygen atoms in total. The maximum absolute atomic E-state index is 9.81. The fourth-order valence-corrected chi connectivity index (χ4v) is 0. The molecular formula is CAgFO2. The Balaban J connectivity index is 0. The molecule has 0 aromatic heterocycles. The van der Waals surface area contributed by atoms with Crippen LogP contribution in [0.25, 0.3) is 0 Å². The monoisotopic (exact) mass is 170 g/mol. The number of carbonyl (C=O) groups is 1. The van der Waals surface area contributed by atoms with E-state index in [0.717, 1.165) is 0 Å². The summed E-state index contributed by atoms with van der Waals surface area (Å²) in [5.41, 5.74) is 0. The van der Waals surface area contributed by atoms with Gasteiger partial charge < -0.3 is 9.90 Å². The average Bonchev–Trinajstić information content (AvgIpc) is 0.811. The van der Waals surface area contributed by atoms with E-state index in [1.165, 1.54) is 0 Å². The molecule has 0 aliphatic heterocycles. The summed E-state index contributed by atoms with van der Waals surface area (Å²) in [6.45, 7) is 0. The van der Waals surface area contributed by atoms with Crippen molar-refractivity contribution in [2.24, 2.45) is 0 Å². The van der Waals surface area contributed by atoms with Crippen molar-refractivity contribution in [1.82, 2.24) is 0 Å². The number of carboxylic acid groups (broad SMARTS) is 1. The van der Waals surface area contributed by atoms with Gasteiger partial charge in [-0.25, -0.2) is 0 Å². The fourth-order valence-electron chi connectivity index (χ4n) is 0. The van der Waals surface area contributed by atoms with Crippen LogP contribution in [0.15, 0.2) is 0 Å². The maximum Gasteiger partial charge on any atom is 1.00 e. The molecule has 0 fully saturated rings. The second-order valence-electron chi connectivity index (χ2n) is 0.238. The van der Waals surface area contributed by atoms with Crippen molar-refractivity contribution in [3.05, 3.63) is 0 Å². The summed E-state index contributed by atoms with van der Waals surface area (Å²) in [5.74, 6) is 0. The van der Waals surface area contributed by atoms with Crippen LogP contribution in [-0.2, 0) is 22.4 Å². The van der Waals surface area contributed by atoms with Gasteiger partial charge in [-0.1, -0.05) is 0 Å². The molecule has 0 saturated carbocycles. The first-order valence-electron chi connectivity index (χ1n) is 0.597. The van der Waals surface area contributed by atoms with Crippen molar-refractivity contribution >= 4 is 6.22 Å². The molecule has 0 spiro atoms. The van der Waals surface area contributed by atoms with Gasteiger partial charge in [-0.15, -0.1) is 0 Å². The number of carbonyl (C=O) groups excluding carboxylic acids is 1. The molecule has 0 bridgehead atoms. The van der Waals surface area contributed by atoms with Gasteiger partial charge in [0.1, 0.15) is 0 Å². The quantitative estimate of drug-likeness (QED) is 0.357. The van der Waals surface area contributed by atoms with Crippen LogP contribution in [0.2, 0.25) is 0 Å². The molecule has 0 aliphatic carbocycles. The molecule has 4 heteroatoms. The van der Waals surface area contributed by atoms with Crippen LogP contribution in [0.3, 0.4) is 0 Å². The van der Waals surface area contributed by atoms with E-state index in [1.807, 2.05) is 0 Å². The van der Waals surface area contributed by atoms with Gasteiger partial charge in [-0.05, 0) is 0 Å². The fraction of sp³-hybridized carbons (Fsp3) is 0. The van der Waals surface area contributed by atoms with Crippen molar-refractivity contribution in [2.75, 3.05) is 0 Å². The molecule has 0 amide bonds. The molecule has 0 saturated heterocycles.